The van der Waals surface area contributed by atoms with Crippen LogP contribution in [-0.2, 0) is 4.79 Å². The summed E-state index contributed by atoms with van der Waals surface area (Å²) in [5.74, 6) is 0.0911. The highest BCUT2D eigenvalue weighted by atomic mass is 35.5. The quantitative estimate of drug-likeness (QED) is 0.670. The summed E-state index contributed by atoms with van der Waals surface area (Å²) in [4.78, 5) is 25.0. The summed E-state index contributed by atoms with van der Waals surface area (Å²) in [6.07, 6.45) is 0. The Bertz CT molecular complexity index is 980. The first-order valence-corrected chi connectivity index (χ1v) is 7.99. The van der Waals surface area contributed by atoms with E-state index in [0.717, 1.165) is 11.1 Å². The van der Waals surface area contributed by atoms with E-state index in [9.17, 15) is 9.59 Å². The fraction of sp³-hybridized carbons (Fsp3) is 0.158. The zero-order chi connectivity index (χ0) is 18.0. The van der Waals surface area contributed by atoms with Gasteiger partial charge in [0.1, 0.15) is 11.3 Å². The summed E-state index contributed by atoms with van der Waals surface area (Å²) in [5.41, 5.74) is 1.49. The molecule has 6 heteroatoms. The molecule has 0 aliphatic carbocycles. The number of nitrogens with zero attached hydrogens (tertiary/aromatic N) is 1. The van der Waals surface area contributed by atoms with Crippen molar-refractivity contribution in [3.8, 4) is 16.9 Å². The fourth-order valence-corrected chi connectivity index (χ4v) is 2.62. The third kappa shape index (κ3) is 3.67. The maximum Gasteiger partial charge on any atom is 0.336 e. The van der Waals surface area contributed by atoms with E-state index in [-0.39, 0.29) is 18.3 Å². The molecule has 0 unspecified atom stereocenters. The monoisotopic (exact) mass is 357 g/mol. The molecule has 1 aromatic heterocycles. The molecule has 0 atom stereocenters. The van der Waals surface area contributed by atoms with Gasteiger partial charge in [0.15, 0.2) is 6.61 Å². The molecule has 128 valence electrons. The van der Waals surface area contributed by atoms with E-state index >= 15 is 0 Å². The maximum atomic E-state index is 11.9. The van der Waals surface area contributed by atoms with Crippen molar-refractivity contribution in [1.82, 2.24) is 4.90 Å². The van der Waals surface area contributed by atoms with Gasteiger partial charge in [0.05, 0.1) is 5.02 Å². The van der Waals surface area contributed by atoms with Gasteiger partial charge >= 0.3 is 5.63 Å². The zero-order valence-electron chi connectivity index (χ0n) is 13.8. The third-order valence-electron chi connectivity index (χ3n) is 3.73. The minimum atomic E-state index is -0.469. The Kier molecular flexibility index (Phi) is 4.76. The van der Waals surface area contributed by atoms with E-state index in [4.69, 9.17) is 20.8 Å². The van der Waals surface area contributed by atoms with Gasteiger partial charge in [0, 0.05) is 31.6 Å². The van der Waals surface area contributed by atoms with Gasteiger partial charge in [-0.1, -0.05) is 41.9 Å². The molecule has 0 fully saturated rings. The van der Waals surface area contributed by atoms with Gasteiger partial charge in [-0.05, 0) is 17.2 Å². The van der Waals surface area contributed by atoms with Crippen LogP contribution in [0.2, 0.25) is 5.02 Å². The summed E-state index contributed by atoms with van der Waals surface area (Å²) >= 11 is 6.30. The zero-order valence-corrected chi connectivity index (χ0v) is 14.5. The maximum absolute atomic E-state index is 11.9. The number of carbonyl (C=O) groups excluding carboxylic acids is 1. The molecule has 0 bridgehead atoms. The molecule has 1 amide bonds. The minimum absolute atomic E-state index is 0.152. The Hall–Kier alpha value is -2.79. The molecule has 3 rings (SSSR count). The van der Waals surface area contributed by atoms with Crippen molar-refractivity contribution >= 4 is 28.5 Å². The van der Waals surface area contributed by atoms with Crippen LogP contribution >= 0.6 is 11.6 Å². The molecule has 0 aliphatic heterocycles. The Morgan fingerprint density at radius 1 is 1.16 bits per heavy atom. The highest BCUT2D eigenvalue weighted by molar-refractivity contribution is 6.33. The normalized spacial score (nSPS) is 10.7. The number of carbonyl (C=O) groups is 1. The Morgan fingerprint density at radius 3 is 2.56 bits per heavy atom. The van der Waals surface area contributed by atoms with Crippen LogP contribution in [0.5, 0.6) is 5.75 Å². The van der Waals surface area contributed by atoms with Crippen LogP contribution in [0.1, 0.15) is 0 Å². The van der Waals surface area contributed by atoms with Crippen LogP contribution in [0.3, 0.4) is 0 Å². The fourth-order valence-electron chi connectivity index (χ4n) is 2.40. The molecule has 0 saturated heterocycles. The molecular weight excluding hydrogens is 342 g/mol. The van der Waals surface area contributed by atoms with E-state index in [1.807, 2.05) is 30.3 Å². The summed E-state index contributed by atoms with van der Waals surface area (Å²) in [6.45, 7) is -0.152. The second-order valence-electron chi connectivity index (χ2n) is 5.70. The lowest BCUT2D eigenvalue weighted by Crippen LogP contribution is -2.27. The Balaban J connectivity index is 2.07. The smallest absolute Gasteiger partial charge is 0.336 e. The van der Waals surface area contributed by atoms with Crippen molar-refractivity contribution in [2.75, 3.05) is 20.7 Å². The van der Waals surface area contributed by atoms with E-state index in [0.29, 0.717) is 16.0 Å². The van der Waals surface area contributed by atoms with Crippen molar-refractivity contribution in [3.05, 3.63) is 64.0 Å². The van der Waals surface area contributed by atoms with Gasteiger partial charge < -0.3 is 14.1 Å². The van der Waals surface area contributed by atoms with Crippen LogP contribution in [0.15, 0.2) is 57.7 Å². The van der Waals surface area contributed by atoms with Crippen LogP contribution in [0.4, 0.5) is 0 Å². The Morgan fingerprint density at radius 2 is 1.88 bits per heavy atom. The molecule has 1 heterocycles. The number of fused-ring (bicyclic) bond motifs is 1. The first-order chi connectivity index (χ1) is 12.0. The number of likely N-dealkylation sites (N-methyl/N-ethyl adjacent to an activating group) is 1. The van der Waals surface area contributed by atoms with Crippen molar-refractivity contribution < 1.29 is 13.9 Å². The number of halogens is 1. The van der Waals surface area contributed by atoms with E-state index in [1.165, 1.54) is 17.0 Å². The summed E-state index contributed by atoms with van der Waals surface area (Å²) in [7, 11) is 3.28. The first kappa shape index (κ1) is 17.0. The SMILES string of the molecule is CN(C)C(=O)COc1cc2oc(=O)cc(-c3ccccc3)c2cc1Cl. The largest absolute Gasteiger partial charge is 0.482 e. The van der Waals surface area contributed by atoms with Gasteiger partial charge in [-0.2, -0.15) is 0 Å². The van der Waals surface area contributed by atoms with Gasteiger partial charge in [-0.25, -0.2) is 4.79 Å². The van der Waals surface area contributed by atoms with Crippen LogP contribution in [-0.4, -0.2) is 31.5 Å². The van der Waals surface area contributed by atoms with Gasteiger partial charge in [0.25, 0.3) is 5.91 Å². The Labute approximate surface area is 149 Å². The molecule has 0 aliphatic rings. The minimum Gasteiger partial charge on any atom is -0.482 e. The lowest BCUT2D eigenvalue weighted by atomic mass is 10.0. The summed E-state index contributed by atoms with van der Waals surface area (Å²) in [6, 6.07) is 14.1. The van der Waals surface area contributed by atoms with Crippen molar-refractivity contribution in [2.24, 2.45) is 0 Å². The van der Waals surface area contributed by atoms with Crippen molar-refractivity contribution in [2.45, 2.75) is 0 Å². The van der Waals surface area contributed by atoms with Gasteiger partial charge in [0.2, 0.25) is 0 Å². The van der Waals surface area contributed by atoms with Crippen molar-refractivity contribution in [1.29, 1.82) is 0 Å². The van der Waals surface area contributed by atoms with Crippen LogP contribution < -0.4 is 10.4 Å². The highest BCUT2D eigenvalue weighted by Crippen LogP contribution is 2.34. The average Bonchev–Trinajstić information content (AvgIpc) is 2.60. The topological polar surface area (TPSA) is 59.8 Å². The van der Waals surface area contributed by atoms with Gasteiger partial charge in [-0.15, -0.1) is 0 Å². The second-order valence-corrected chi connectivity index (χ2v) is 6.11. The third-order valence-corrected chi connectivity index (χ3v) is 4.03. The molecule has 0 spiro atoms. The summed E-state index contributed by atoms with van der Waals surface area (Å²) < 4.78 is 10.8. The van der Waals surface area contributed by atoms with Crippen LogP contribution in [0, 0.1) is 0 Å². The number of benzene rings is 2. The van der Waals surface area contributed by atoms with E-state index in [2.05, 4.69) is 0 Å². The predicted octanol–water partition coefficient (Wildman–Crippen LogP) is 3.58. The molecule has 5 nitrogen and oxygen atoms in total. The number of ether oxygens (including phenoxy) is 1. The average molecular weight is 358 g/mol. The highest BCUT2D eigenvalue weighted by Gasteiger charge is 2.14. The van der Waals surface area contributed by atoms with E-state index < -0.39 is 5.63 Å². The standard InChI is InChI=1S/C19H16ClNO4/c1-21(2)18(22)11-24-17-10-16-14(8-15(17)20)13(9-19(23)25-16)12-6-4-3-5-7-12/h3-10H,11H2,1-2H3. The second kappa shape index (κ2) is 6.99. The molecule has 0 saturated carbocycles. The van der Waals surface area contributed by atoms with Gasteiger partial charge in [-0.3, -0.25) is 4.79 Å². The number of hydrogen-bond donors (Lipinski definition) is 0. The first-order valence-electron chi connectivity index (χ1n) is 7.61. The number of amides is 1. The lowest BCUT2D eigenvalue weighted by Gasteiger charge is -2.13. The summed E-state index contributed by atoms with van der Waals surface area (Å²) in [5, 5.41) is 1.03. The number of hydrogen-bond acceptors (Lipinski definition) is 4. The molecular formula is C19H16ClNO4. The molecule has 25 heavy (non-hydrogen) atoms. The molecule has 0 N–H and O–H groups in total. The predicted molar refractivity (Wildman–Crippen MR) is 97.1 cm³/mol. The number of rotatable bonds is 4. The molecule has 3 aromatic rings. The molecule has 2 aromatic carbocycles. The molecule has 0 radical (unpaired) electrons. The lowest BCUT2D eigenvalue weighted by molar-refractivity contribution is -0.130. The van der Waals surface area contributed by atoms with E-state index in [1.54, 1.807) is 20.2 Å². The van der Waals surface area contributed by atoms with Crippen molar-refractivity contribution in [3.63, 3.8) is 0 Å². The van der Waals surface area contributed by atoms with Crippen LogP contribution in [0.25, 0.3) is 22.1 Å².